The van der Waals surface area contributed by atoms with E-state index < -0.39 is 0 Å². The van der Waals surface area contributed by atoms with Crippen molar-refractivity contribution in [3.05, 3.63) is 0 Å². The molecule has 0 aromatic heterocycles. The van der Waals surface area contributed by atoms with E-state index in [1.54, 1.807) is 0 Å². The topological polar surface area (TPSA) is 54.2 Å². The maximum absolute atomic E-state index is 7.94. The highest BCUT2D eigenvalue weighted by molar-refractivity contribution is 4.50. The first kappa shape index (κ1) is 21.4. The van der Waals surface area contributed by atoms with Crippen LogP contribution in [-0.4, -0.2) is 11.8 Å². The van der Waals surface area contributed by atoms with Crippen molar-refractivity contribution in [3.63, 3.8) is 0 Å². The summed E-state index contributed by atoms with van der Waals surface area (Å²) in [6.07, 6.45) is 21.9. The van der Waals surface area contributed by atoms with Crippen molar-refractivity contribution in [2.75, 3.05) is 6.54 Å². The fourth-order valence-electron chi connectivity index (χ4n) is 2.80. The van der Waals surface area contributed by atoms with Gasteiger partial charge in [0, 0.05) is 0 Å². The van der Waals surface area contributed by atoms with Crippen molar-refractivity contribution in [2.45, 2.75) is 110 Å². The summed E-state index contributed by atoms with van der Waals surface area (Å²) in [4.78, 5) is 3.53. The molecule has 0 radical (unpaired) electrons. The molecule has 0 unspecified atom stereocenters. The lowest BCUT2D eigenvalue weighted by molar-refractivity contribution is -0.251. The average Bonchev–Trinajstić information content (AvgIpc) is 2.54. The monoisotopic (exact) mass is 314 g/mol. The molecular formula is C18H38N2O2. The average molecular weight is 315 g/mol. The molecule has 132 valence electrons. The Morgan fingerprint density at radius 3 is 1.32 bits per heavy atom. The van der Waals surface area contributed by atoms with Crippen LogP contribution in [0.3, 0.4) is 0 Å². The minimum atomic E-state index is 0.652. The molecule has 0 saturated carbocycles. The van der Waals surface area contributed by atoms with E-state index in [1.165, 1.54) is 96.3 Å². The van der Waals surface area contributed by atoms with E-state index in [0.29, 0.717) is 6.54 Å². The Hall–Kier alpha value is -0.640. The molecule has 0 aliphatic heterocycles. The predicted molar refractivity (Wildman–Crippen MR) is 93.0 cm³/mol. The summed E-state index contributed by atoms with van der Waals surface area (Å²) in [5, 5.41) is 14.6. The Balaban J connectivity index is 2.95. The molecule has 4 nitrogen and oxygen atoms in total. The standard InChI is InChI=1S/C18H38N2O2/c1-2-3-4-5-6-7-8-9-10-11-12-13-14-15-16-17-18-19-20-22-21/h21H,2-18H2,1H3. The van der Waals surface area contributed by atoms with Crippen molar-refractivity contribution in [2.24, 2.45) is 10.4 Å². The van der Waals surface area contributed by atoms with E-state index in [1.807, 2.05) is 0 Å². The summed E-state index contributed by atoms with van der Waals surface area (Å²) in [5.74, 6) is 0. The summed E-state index contributed by atoms with van der Waals surface area (Å²) in [6.45, 7) is 2.93. The fraction of sp³-hybridized carbons (Fsp3) is 1.00. The molecular weight excluding hydrogens is 276 g/mol. The molecule has 1 N–H and O–H groups in total. The minimum Gasteiger partial charge on any atom is -0.203 e. The molecule has 4 heteroatoms. The Morgan fingerprint density at radius 1 is 0.591 bits per heavy atom. The summed E-state index contributed by atoms with van der Waals surface area (Å²) >= 11 is 0. The third-order valence-corrected chi connectivity index (χ3v) is 4.21. The van der Waals surface area contributed by atoms with Crippen molar-refractivity contribution in [3.8, 4) is 0 Å². The summed E-state index contributed by atoms with van der Waals surface area (Å²) < 4.78 is 0. The highest BCUT2D eigenvalue weighted by atomic mass is 17.2. The predicted octanol–water partition coefficient (Wildman–Crippen LogP) is 7.10. The fourth-order valence-corrected chi connectivity index (χ4v) is 2.80. The Bertz CT molecular complexity index is 223. The van der Waals surface area contributed by atoms with Crippen molar-refractivity contribution in [1.29, 1.82) is 0 Å². The lowest BCUT2D eigenvalue weighted by atomic mass is 10.0. The van der Waals surface area contributed by atoms with Gasteiger partial charge in [-0.2, -0.15) is 10.4 Å². The summed E-state index contributed by atoms with van der Waals surface area (Å²) in [7, 11) is 0. The van der Waals surface area contributed by atoms with Gasteiger partial charge in [-0.05, 0) is 6.42 Å². The quantitative estimate of drug-likeness (QED) is 0.127. The zero-order valence-corrected chi connectivity index (χ0v) is 14.8. The molecule has 0 atom stereocenters. The third kappa shape index (κ3) is 19.4. The maximum atomic E-state index is 7.94. The van der Waals surface area contributed by atoms with Crippen LogP contribution in [0.15, 0.2) is 10.4 Å². The van der Waals surface area contributed by atoms with Crippen LogP contribution >= 0.6 is 0 Å². The van der Waals surface area contributed by atoms with Gasteiger partial charge in [0.2, 0.25) is 0 Å². The van der Waals surface area contributed by atoms with E-state index in [4.69, 9.17) is 5.26 Å². The summed E-state index contributed by atoms with van der Waals surface area (Å²) in [5.41, 5.74) is 0. The Labute approximate surface area is 137 Å². The van der Waals surface area contributed by atoms with Crippen LogP contribution in [0, 0.1) is 0 Å². The van der Waals surface area contributed by atoms with Gasteiger partial charge in [-0.1, -0.05) is 103 Å². The van der Waals surface area contributed by atoms with Crippen LogP contribution in [0.4, 0.5) is 0 Å². The van der Waals surface area contributed by atoms with Gasteiger partial charge >= 0.3 is 0 Å². The van der Waals surface area contributed by atoms with Crippen LogP contribution in [0.1, 0.15) is 110 Å². The number of hydrogen-bond acceptors (Lipinski definition) is 4. The number of nitrogens with zero attached hydrogens (tertiary/aromatic N) is 2. The maximum Gasteiger partial charge on any atom is 0.0636 e. The molecule has 0 aromatic carbocycles. The van der Waals surface area contributed by atoms with Crippen LogP contribution in [-0.2, 0) is 4.99 Å². The van der Waals surface area contributed by atoms with Gasteiger partial charge in [-0.15, -0.1) is 0 Å². The first-order valence-electron chi connectivity index (χ1n) is 9.59. The molecule has 0 saturated heterocycles. The third-order valence-electron chi connectivity index (χ3n) is 4.21. The second-order valence-corrected chi connectivity index (χ2v) is 6.33. The van der Waals surface area contributed by atoms with Crippen LogP contribution < -0.4 is 0 Å². The highest BCUT2D eigenvalue weighted by Gasteiger charge is 1.94. The molecule has 0 aromatic rings. The lowest BCUT2D eigenvalue weighted by Crippen LogP contribution is -1.85. The van der Waals surface area contributed by atoms with E-state index in [2.05, 4.69) is 22.3 Å². The van der Waals surface area contributed by atoms with E-state index >= 15 is 0 Å². The van der Waals surface area contributed by atoms with Crippen LogP contribution in [0.25, 0.3) is 0 Å². The van der Waals surface area contributed by atoms with E-state index in [-0.39, 0.29) is 0 Å². The lowest BCUT2D eigenvalue weighted by Gasteiger charge is -2.03. The molecule has 0 spiro atoms. The normalized spacial score (nSPS) is 11.4. The molecule has 0 amide bonds. The SMILES string of the molecule is CCCCCCCCCCCCCCCCCCN=NOO. The molecule has 0 rings (SSSR count). The number of rotatable bonds is 18. The smallest absolute Gasteiger partial charge is 0.0636 e. The molecule has 22 heavy (non-hydrogen) atoms. The Morgan fingerprint density at radius 2 is 0.955 bits per heavy atom. The van der Waals surface area contributed by atoms with Gasteiger partial charge in [0.05, 0.1) is 11.8 Å². The first-order chi connectivity index (χ1) is 10.9. The largest absolute Gasteiger partial charge is 0.203 e. The summed E-state index contributed by atoms with van der Waals surface area (Å²) in [6, 6.07) is 0. The second-order valence-electron chi connectivity index (χ2n) is 6.33. The van der Waals surface area contributed by atoms with E-state index in [9.17, 15) is 0 Å². The molecule has 0 fully saturated rings. The van der Waals surface area contributed by atoms with Gasteiger partial charge in [0.25, 0.3) is 0 Å². The molecule has 0 aliphatic carbocycles. The zero-order chi connectivity index (χ0) is 16.1. The number of unbranched alkanes of at least 4 members (excludes halogenated alkanes) is 15. The van der Waals surface area contributed by atoms with Gasteiger partial charge in [0.1, 0.15) is 0 Å². The van der Waals surface area contributed by atoms with Crippen molar-refractivity contribution < 1.29 is 10.2 Å². The van der Waals surface area contributed by atoms with Crippen LogP contribution in [0.2, 0.25) is 0 Å². The van der Waals surface area contributed by atoms with Gasteiger partial charge in [-0.25, -0.2) is 4.99 Å². The van der Waals surface area contributed by atoms with Gasteiger partial charge in [-0.3, -0.25) is 0 Å². The van der Waals surface area contributed by atoms with Crippen LogP contribution in [0.5, 0.6) is 0 Å². The minimum absolute atomic E-state index is 0.652. The number of hydrogen-bond donors (Lipinski definition) is 1. The van der Waals surface area contributed by atoms with Crippen molar-refractivity contribution in [1.82, 2.24) is 0 Å². The van der Waals surface area contributed by atoms with E-state index in [0.717, 1.165) is 6.42 Å². The second kappa shape index (κ2) is 20.4. The molecule has 0 aliphatic rings. The van der Waals surface area contributed by atoms with Gasteiger partial charge < -0.3 is 0 Å². The molecule has 0 bridgehead atoms. The van der Waals surface area contributed by atoms with Crippen molar-refractivity contribution >= 4 is 0 Å². The van der Waals surface area contributed by atoms with Gasteiger partial charge in [0.15, 0.2) is 0 Å². The zero-order valence-electron chi connectivity index (χ0n) is 14.8. The molecule has 0 heterocycles. The first-order valence-corrected chi connectivity index (χ1v) is 9.59. The highest BCUT2D eigenvalue weighted by Crippen LogP contribution is 2.13. The Kier molecular flexibility index (Phi) is 19.8.